The fourth-order valence-electron chi connectivity index (χ4n) is 4.31. The van der Waals surface area contributed by atoms with Crippen LogP contribution in [0.4, 0.5) is 0 Å². The number of hydrogen-bond acceptors (Lipinski definition) is 3. The molecule has 2 aromatic carbocycles. The summed E-state index contributed by atoms with van der Waals surface area (Å²) in [5, 5.41) is 3.17. The van der Waals surface area contributed by atoms with Crippen molar-refractivity contribution in [3.05, 3.63) is 65.2 Å². The van der Waals surface area contributed by atoms with E-state index in [1.807, 2.05) is 63.2 Å². The molecule has 0 radical (unpaired) electrons. The molecule has 2 aromatic rings. The number of carbonyl (C=O) groups is 2. The average Bonchev–Trinajstić information content (AvgIpc) is 3.25. The van der Waals surface area contributed by atoms with Gasteiger partial charge in [-0.3, -0.25) is 9.59 Å². The van der Waals surface area contributed by atoms with Crippen LogP contribution < -0.4 is 10.1 Å². The van der Waals surface area contributed by atoms with Crippen LogP contribution in [0.15, 0.2) is 48.5 Å². The maximum absolute atomic E-state index is 13.3. The van der Waals surface area contributed by atoms with Crippen LogP contribution in [-0.4, -0.2) is 35.4 Å². The van der Waals surface area contributed by atoms with Crippen LogP contribution >= 0.6 is 0 Å². The van der Waals surface area contributed by atoms with E-state index in [0.29, 0.717) is 18.7 Å². The van der Waals surface area contributed by atoms with Gasteiger partial charge in [0.15, 0.2) is 6.61 Å². The van der Waals surface area contributed by atoms with Crippen molar-refractivity contribution in [3.8, 4) is 5.75 Å². The van der Waals surface area contributed by atoms with E-state index in [1.165, 1.54) is 0 Å². The standard InChI is InChI=1S/C26H34N2O3/c1-4-24(26(30)27-22-12-8-9-13-22)28(17-21-10-6-5-7-11-21)25(29)18-31-23-15-19(2)14-20(3)16-23/h5-7,10-11,14-16,22,24H,4,8-9,12-13,17-18H2,1-3H3,(H,27,30)/t24-/m0/s1. The molecule has 5 heteroatoms. The van der Waals surface area contributed by atoms with Gasteiger partial charge in [0.05, 0.1) is 0 Å². The van der Waals surface area contributed by atoms with Gasteiger partial charge in [0.1, 0.15) is 11.8 Å². The van der Waals surface area contributed by atoms with Gasteiger partial charge in [0.2, 0.25) is 5.91 Å². The molecule has 3 rings (SSSR count). The van der Waals surface area contributed by atoms with Crippen LogP contribution in [0.25, 0.3) is 0 Å². The molecule has 166 valence electrons. The number of amides is 2. The van der Waals surface area contributed by atoms with Crippen molar-refractivity contribution in [3.63, 3.8) is 0 Å². The molecule has 0 aliphatic heterocycles. The van der Waals surface area contributed by atoms with Gasteiger partial charge < -0.3 is 15.0 Å². The van der Waals surface area contributed by atoms with Crippen LogP contribution in [0.3, 0.4) is 0 Å². The largest absolute Gasteiger partial charge is 0.484 e. The van der Waals surface area contributed by atoms with Crippen LogP contribution in [-0.2, 0) is 16.1 Å². The average molecular weight is 423 g/mol. The SMILES string of the molecule is CC[C@@H](C(=O)NC1CCCC1)N(Cc1ccccc1)C(=O)COc1cc(C)cc(C)c1. The molecule has 0 saturated heterocycles. The summed E-state index contributed by atoms with van der Waals surface area (Å²) in [6, 6.07) is 15.4. The van der Waals surface area contributed by atoms with Crippen molar-refractivity contribution in [2.45, 2.75) is 71.5 Å². The number of benzene rings is 2. The lowest BCUT2D eigenvalue weighted by Crippen LogP contribution is -2.52. The number of ether oxygens (including phenoxy) is 1. The highest BCUT2D eigenvalue weighted by atomic mass is 16.5. The molecule has 1 aliphatic rings. The summed E-state index contributed by atoms with van der Waals surface area (Å²) in [6.45, 7) is 6.25. The minimum Gasteiger partial charge on any atom is -0.484 e. The summed E-state index contributed by atoms with van der Waals surface area (Å²) >= 11 is 0. The first kappa shape index (κ1) is 22.9. The Hall–Kier alpha value is -2.82. The van der Waals surface area contributed by atoms with Gasteiger partial charge in [-0.05, 0) is 61.9 Å². The minimum absolute atomic E-state index is 0.0647. The van der Waals surface area contributed by atoms with E-state index < -0.39 is 6.04 Å². The van der Waals surface area contributed by atoms with Gasteiger partial charge >= 0.3 is 0 Å². The lowest BCUT2D eigenvalue weighted by atomic mass is 10.1. The summed E-state index contributed by atoms with van der Waals surface area (Å²) in [4.78, 5) is 28.0. The quantitative estimate of drug-likeness (QED) is 0.645. The molecule has 1 aliphatic carbocycles. The zero-order valence-electron chi connectivity index (χ0n) is 18.9. The van der Waals surface area contributed by atoms with Gasteiger partial charge in [-0.15, -0.1) is 0 Å². The fraction of sp³-hybridized carbons (Fsp3) is 0.462. The van der Waals surface area contributed by atoms with Crippen LogP contribution in [0.2, 0.25) is 0 Å². The van der Waals surface area contributed by atoms with Crippen molar-refractivity contribution in [1.29, 1.82) is 0 Å². The van der Waals surface area contributed by atoms with Crippen molar-refractivity contribution >= 4 is 11.8 Å². The smallest absolute Gasteiger partial charge is 0.261 e. The highest BCUT2D eigenvalue weighted by Gasteiger charge is 2.30. The van der Waals surface area contributed by atoms with Gasteiger partial charge in [-0.25, -0.2) is 0 Å². The second-order valence-corrected chi connectivity index (χ2v) is 8.53. The Balaban J connectivity index is 1.74. The third kappa shape index (κ3) is 6.58. The van der Waals surface area contributed by atoms with E-state index in [0.717, 1.165) is 42.4 Å². The number of nitrogens with one attached hydrogen (secondary N) is 1. The second-order valence-electron chi connectivity index (χ2n) is 8.53. The monoisotopic (exact) mass is 422 g/mol. The lowest BCUT2D eigenvalue weighted by molar-refractivity contribution is -0.143. The highest BCUT2D eigenvalue weighted by molar-refractivity contribution is 5.88. The third-order valence-corrected chi connectivity index (χ3v) is 5.84. The van der Waals surface area contributed by atoms with Gasteiger partial charge in [0.25, 0.3) is 5.91 Å². The molecule has 1 atom stereocenters. The van der Waals surface area contributed by atoms with Crippen molar-refractivity contribution in [2.75, 3.05) is 6.61 Å². The Morgan fingerprint density at radius 1 is 1.06 bits per heavy atom. The molecule has 1 fully saturated rings. The van der Waals surface area contributed by atoms with Gasteiger partial charge in [-0.2, -0.15) is 0 Å². The summed E-state index contributed by atoms with van der Waals surface area (Å²) in [7, 11) is 0. The Kier molecular flexibility index (Phi) is 8.10. The predicted octanol–water partition coefficient (Wildman–Crippen LogP) is 4.55. The number of hydrogen-bond donors (Lipinski definition) is 1. The maximum Gasteiger partial charge on any atom is 0.261 e. The van der Waals surface area contributed by atoms with Crippen LogP contribution in [0.1, 0.15) is 55.7 Å². The first-order valence-electron chi connectivity index (χ1n) is 11.3. The van der Waals surface area contributed by atoms with Crippen molar-refractivity contribution in [2.24, 2.45) is 0 Å². The fourth-order valence-corrected chi connectivity index (χ4v) is 4.31. The predicted molar refractivity (Wildman–Crippen MR) is 123 cm³/mol. The molecule has 1 N–H and O–H groups in total. The first-order chi connectivity index (χ1) is 15.0. The Morgan fingerprint density at radius 2 is 1.71 bits per heavy atom. The van der Waals surface area contributed by atoms with Gasteiger partial charge in [-0.1, -0.05) is 56.2 Å². The number of rotatable bonds is 9. The van der Waals surface area contributed by atoms with E-state index in [4.69, 9.17) is 4.74 Å². The Morgan fingerprint density at radius 3 is 2.32 bits per heavy atom. The van der Waals surface area contributed by atoms with Crippen LogP contribution in [0.5, 0.6) is 5.75 Å². The number of nitrogens with zero attached hydrogens (tertiary/aromatic N) is 1. The zero-order chi connectivity index (χ0) is 22.2. The van der Waals surface area contributed by atoms with E-state index in [1.54, 1.807) is 4.90 Å². The van der Waals surface area contributed by atoms with E-state index in [9.17, 15) is 9.59 Å². The molecule has 0 heterocycles. The van der Waals surface area contributed by atoms with Crippen molar-refractivity contribution in [1.82, 2.24) is 10.2 Å². The summed E-state index contributed by atoms with van der Waals surface area (Å²) in [5.74, 6) is 0.426. The molecule has 0 unspecified atom stereocenters. The van der Waals surface area contributed by atoms with Crippen LogP contribution in [0, 0.1) is 13.8 Å². The molecular formula is C26H34N2O3. The first-order valence-corrected chi connectivity index (χ1v) is 11.3. The Bertz CT molecular complexity index is 855. The molecule has 0 bridgehead atoms. The summed E-state index contributed by atoms with van der Waals surface area (Å²) < 4.78 is 5.83. The third-order valence-electron chi connectivity index (χ3n) is 5.84. The maximum atomic E-state index is 13.3. The lowest BCUT2D eigenvalue weighted by Gasteiger charge is -2.31. The van der Waals surface area contributed by atoms with Gasteiger partial charge in [0, 0.05) is 12.6 Å². The number of aryl methyl sites for hydroxylation is 2. The van der Waals surface area contributed by atoms with E-state index in [2.05, 4.69) is 11.4 Å². The summed E-state index contributed by atoms with van der Waals surface area (Å²) in [6.07, 6.45) is 4.90. The topological polar surface area (TPSA) is 58.6 Å². The normalized spacial score (nSPS) is 14.8. The van der Waals surface area contributed by atoms with Crippen molar-refractivity contribution < 1.29 is 14.3 Å². The molecule has 1 saturated carbocycles. The molecule has 5 nitrogen and oxygen atoms in total. The second kappa shape index (κ2) is 11.0. The molecule has 0 spiro atoms. The molecule has 0 aromatic heterocycles. The number of carbonyl (C=O) groups excluding carboxylic acids is 2. The highest BCUT2D eigenvalue weighted by Crippen LogP contribution is 2.20. The minimum atomic E-state index is -0.517. The molecular weight excluding hydrogens is 388 g/mol. The summed E-state index contributed by atoms with van der Waals surface area (Å²) in [5.41, 5.74) is 3.17. The zero-order valence-corrected chi connectivity index (χ0v) is 18.9. The molecule has 2 amide bonds. The Labute approximate surface area is 185 Å². The molecule has 31 heavy (non-hydrogen) atoms. The van der Waals surface area contributed by atoms with E-state index >= 15 is 0 Å². The van der Waals surface area contributed by atoms with E-state index in [-0.39, 0.29) is 24.5 Å².